The highest BCUT2D eigenvalue weighted by Gasteiger charge is 2.33. The average molecular weight is 291 g/mol. The first-order valence-electron chi connectivity index (χ1n) is 6.04. The van der Waals surface area contributed by atoms with Gasteiger partial charge in [0.15, 0.2) is 0 Å². The second kappa shape index (κ2) is 4.84. The van der Waals surface area contributed by atoms with Gasteiger partial charge < -0.3 is 4.74 Å². The van der Waals surface area contributed by atoms with Gasteiger partial charge in [0.2, 0.25) is 10.0 Å². The van der Waals surface area contributed by atoms with E-state index in [1.165, 1.54) is 17.7 Å². The molecule has 6 nitrogen and oxygen atoms in total. The zero-order chi connectivity index (χ0) is 14.2. The standard InChI is InChI=1S/C13H13N3O3S/c1-19-12-4-2-3-5-13(12)20(17,18)16-7-10-6-14-9-15-11(10)8-16/h2-6,9H,7-8H2,1H3. The molecule has 104 valence electrons. The van der Waals surface area contributed by atoms with Gasteiger partial charge in [0, 0.05) is 18.3 Å². The van der Waals surface area contributed by atoms with Crippen LogP contribution in [0, 0.1) is 0 Å². The maximum atomic E-state index is 12.7. The molecular weight excluding hydrogens is 278 g/mol. The molecule has 0 fully saturated rings. The monoisotopic (exact) mass is 291 g/mol. The number of aromatic nitrogens is 2. The van der Waals surface area contributed by atoms with E-state index >= 15 is 0 Å². The van der Waals surface area contributed by atoms with Gasteiger partial charge in [-0.15, -0.1) is 0 Å². The smallest absolute Gasteiger partial charge is 0.247 e. The van der Waals surface area contributed by atoms with Gasteiger partial charge in [0.1, 0.15) is 17.0 Å². The Morgan fingerprint density at radius 3 is 2.80 bits per heavy atom. The van der Waals surface area contributed by atoms with Crippen LogP contribution < -0.4 is 4.74 Å². The molecule has 1 aromatic heterocycles. The number of benzene rings is 1. The molecule has 2 heterocycles. The summed E-state index contributed by atoms with van der Waals surface area (Å²) in [4.78, 5) is 8.20. The Morgan fingerprint density at radius 1 is 1.25 bits per heavy atom. The zero-order valence-electron chi connectivity index (χ0n) is 10.9. The van der Waals surface area contributed by atoms with E-state index < -0.39 is 10.0 Å². The lowest BCUT2D eigenvalue weighted by atomic mass is 10.3. The van der Waals surface area contributed by atoms with E-state index in [2.05, 4.69) is 9.97 Å². The van der Waals surface area contributed by atoms with Crippen molar-refractivity contribution in [2.24, 2.45) is 0 Å². The third kappa shape index (κ3) is 2.04. The second-order valence-corrected chi connectivity index (χ2v) is 6.32. The van der Waals surface area contributed by atoms with Crippen LogP contribution in [0.15, 0.2) is 41.7 Å². The topological polar surface area (TPSA) is 72.4 Å². The molecule has 20 heavy (non-hydrogen) atoms. The number of methoxy groups -OCH3 is 1. The van der Waals surface area contributed by atoms with E-state index in [0.29, 0.717) is 5.75 Å². The van der Waals surface area contributed by atoms with Crippen molar-refractivity contribution in [2.45, 2.75) is 18.0 Å². The molecule has 3 rings (SSSR count). The molecular formula is C13H13N3O3S. The minimum absolute atomic E-state index is 0.170. The average Bonchev–Trinajstić information content (AvgIpc) is 2.92. The Bertz CT molecular complexity index is 721. The quantitative estimate of drug-likeness (QED) is 0.849. The molecule has 0 bridgehead atoms. The minimum atomic E-state index is -3.61. The van der Waals surface area contributed by atoms with E-state index in [0.717, 1.165) is 11.3 Å². The maximum Gasteiger partial charge on any atom is 0.247 e. The number of sulfonamides is 1. The molecule has 0 spiro atoms. The van der Waals surface area contributed by atoms with E-state index in [-0.39, 0.29) is 18.0 Å². The second-order valence-electron chi connectivity index (χ2n) is 4.42. The Morgan fingerprint density at radius 2 is 2.05 bits per heavy atom. The normalized spacial score (nSPS) is 15.1. The number of hydrogen-bond donors (Lipinski definition) is 0. The van der Waals surface area contributed by atoms with Crippen LogP contribution in [0.4, 0.5) is 0 Å². The molecule has 0 N–H and O–H groups in total. The van der Waals surface area contributed by atoms with Crippen LogP contribution in [0.3, 0.4) is 0 Å². The molecule has 0 unspecified atom stereocenters. The first kappa shape index (κ1) is 13.0. The maximum absolute atomic E-state index is 12.7. The summed E-state index contributed by atoms with van der Waals surface area (Å²) >= 11 is 0. The predicted molar refractivity (Wildman–Crippen MR) is 71.5 cm³/mol. The fourth-order valence-electron chi connectivity index (χ4n) is 2.21. The summed E-state index contributed by atoms with van der Waals surface area (Å²) < 4.78 is 31.9. The van der Waals surface area contributed by atoms with Gasteiger partial charge in [-0.3, -0.25) is 0 Å². The lowest BCUT2D eigenvalue weighted by Gasteiger charge is -2.17. The van der Waals surface area contributed by atoms with Gasteiger partial charge in [-0.2, -0.15) is 4.31 Å². The first-order valence-corrected chi connectivity index (χ1v) is 7.48. The van der Waals surface area contributed by atoms with Crippen LogP contribution in [0.25, 0.3) is 0 Å². The molecule has 0 radical (unpaired) electrons. The number of hydrogen-bond acceptors (Lipinski definition) is 5. The largest absolute Gasteiger partial charge is 0.495 e. The van der Waals surface area contributed by atoms with Crippen LogP contribution in [-0.4, -0.2) is 29.8 Å². The number of nitrogens with zero attached hydrogens (tertiary/aromatic N) is 3. The minimum Gasteiger partial charge on any atom is -0.495 e. The molecule has 1 aliphatic rings. The number of ether oxygens (including phenoxy) is 1. The lowest BCUT2D eigenvalue weighted by Crippen LogP contribution is -2.26. The number of fused-ring (bicyclic) bond motifs is 1. The molecule has 1 aromatic carbocycles. The van der Waals surface area contributed by atoms with Crippen molar-refractivity contribution in [3.63, 3.8) is 0 Å². The Hall–Kier alpha value is -1.99. The van der Waals surface area contributed by atoms with E-state index in [1.54, 1.807) is 30.5 Å². The third-order valence-corrected chi connectivity index (χ3v) is 5.07. The van der Waals surface area contributed by atoms with Crippen molar-refractivity contribution < 1.29 is 13.2 Å². The van der Waals surface area contributed by atoms with Crippen molar-refractivity contribution in [1.29, 1.82) is 0 Å². The van der Waals surface area contributed by atoms with E-state index in [1.807, 2.05) is 0 Å². The van der Waals surface area contributed by atoms with Crippen molar-refractivity contribution in [1.82, 2.24) is 14.3 Å². The van der Waals surface area contributed by atoms with Crippen molar-refractivity contribution in [3.05, 3.63) is 48.0 Å². The fraction of sp³-hybridized carbons (Fsp3) is 0.231. The summed E-state index contributed by atoms with van der Waals surface area (Å²) in [5.41, 5.74) is 1.59. The molecule has 7 heteroatoms. The summed E-state index contributed by atoms with van der Waals surface area (Å²) in [6.07, 6.45) is 3.08. The molecule has 0 saturated heterocycles. The number of para-hydroxylation sites is 1. The van der Waals surface area contributed by atoms with Crippen LogP contribution in [0.1, 0.15) is 11.3 Å². The summed E-state index contributed by atoms with van der Waals surface area (Å²) in [6.45, 7) is 0.550. The fourth-order valence-corrected chi connectivity index (χ4v) is 3.75. The van der Waals surface area contributed by atoms with Gasteiger partial charge in [-0.05, 0) is 12.1 Å². The number of rotatable bonds is 3. The van der Waals surface area contributed by atoms with Gasteiger partial charge in [-0.25, -0.2) is 18.4 Å². The zero-order valence-corrected chi connectivity index (χ0v) is 11.7. The Balaban J connectivity index is 1.99. The Kier molecular flexibility index (Phi) is 3.15. The van der Waals surface area contributed by atoms with Gasteiger partial charge in [0.25, 0.3) is 0 Å². The van der Waals surface area contributed by atoms with Gasteiger partial charge in [0.05, 0.1) is 19.3 Å². The third-order valence-electron chi connectivity index (χ3n) is 3.24. The first-order chi connectivity index (χ1) is 9.63. The lowest BCUT2D eigenvalue weighted by molar-refractivity contribution is 0.392. The van der Waals surface area contributed by atoms with Crippen molar-refractivity contribution >= 4 is 10.0 Å². The molecule has 0 saturated carbocycles. The molecule has 2 aromatic rings. The van der Waals surface area contributed by atoms with Crippen LogP contribution in [-0.2, 0) is 23.1 Å². The molecule has 0 aliphatic carbocycles. The summed E-state index contributed by atoms with van der Waals surface area (Å²) in [6, 6.07) is 6.60. The van der Waals surface area contributed by atoms with E-state index in [4.69, 9.17) is 4.74 Å². The van der Waals surface area contributed by atoms with E-state index in [9.17, 15) is 8.42 Å². The van der Waals surface area contributed by atoms with Crippen LogP contribution in [0.5, 0.6) is 5.75 Å². The summed E-state index contributed by atoms with van der Waals surface area (Å²) in [5.74, 6) is 0.342. The SMILES string of the molecule is COc1ccccc1S(=O)(=O)N1Cc2cncnc2C1. The van der Waals surface area contributed by atoms with Gasteiger partial charge >= 0.3 is 0 Å². The van der Waals surface area contributed by atoms with Crippen LogP contribution >= 0.6 is 0 Å². The molecule has 1 aliphatic heterocycles. The molecule has 0 amide bonds. The van der Waals surface area contributed by atoms with Crippen molar-refractivity contribution in [2.75, 3.05) is 7.11 Å². The van der Waals surface area contributed by atoms with Crippen molar-refractivity contribution in [3.8, 4) is 5.75 Å². The highest BCUT2D eigenvalue weighted by atomic mass is 32.2. The highest BCUT2D eigenvalue weighted by Crippen LogP contribution is 2.31. The summed E-state index contributed by atoms with van der Waals surface area (Å²) in [5, 5.41) is 0. The predicted octanol–water partition coefficient (Wildman–Crippen LogP) is 1.19. The van der Waals surface area contributed by atoms with Crippen LogP contribution in [0.2, 0.25) is 0 Å². The highest BCUT2D eigenvalue weighted by molar-refractivity contribution is 7.89. The molecule has 0 atom stereocenters. The van der Waals surface area contributed by atoms with Gasteiger partial charge in [-0.1, -0.05) is 12.1 Å². The Labute approximate surface area is 117 Å². The summed E-state index contributed by atoms with van der Waals surface area (Å²) in [7, 11) is -2.15.